The minimum absolute atomic E-state index is 0.144. The highest BCUT2D eigenvalue weighted by molar-refractivity contribution is 9.10. The van der Waals surface area contributed by atoms with Gasteiger partial charge >= 0.3 is 0 Å². The van der Waals surface area contributed by atoms with Crippen LogP contribution in [0, 0.1) is 0 Å². The molecule has 0 spiro atoms. The topological polar surface area (TPSA) is 35.2 Å². The SMILES string of the molecule is CC(N)Cc1cc(OCCSc2ccccc2)ccc1Br. The van der Waals surface area contributed by atoms with E-state index in [1.807, 2.05) is 25.1 Å². The molecule has 0 bridgehead atoms. The fraction of sp³-hybridized carbons (Fsp3) is 0.294. The number of ether oxygens (including phenoxy) is 1. The van der Waals surface area contributed by atoms with Crippen molar-refractivity contribution in [2.75, 3.05) is 12.4 Å². The highest BCUT2D eigenvalue weighted by atomic mass is 79.9. The van der Waals surface area contributed by atoms with E-state index in [1.54, 1.807) is 11.8 Å². The predicted octanol–water partition coefficient (Wildman–Crippen LogP) is 4.51. The lowest BCUT2D eigenvalue weighted by Crippen LogP contribution is -2.18. The first-order chi connectivity index (χ1) is 10.1. The molecule has 1 atom stereocenters. The highest BCUT2D eigenvalue weighted by Crippen LogP contribution is 2.24. The zero-order valence-corrected chi connectivity index (χ0v) is 14.5. The summed E-state index contributed by atoms with van der Waals surface area (Å²) >= 11 is 5.36. The van der Waals surface area contributed by atoms with Crippen molar-refractivity contribution in [2.45, 2.75) is 24.3 Å². The van der Waals surface area contributed by atoms with E-state index >= 15 is 0 Å². The average Bonchev–Trinajstić information content (AvgIpc) is 2.47. The van der Waals surface area contributed by atoms with Crippen molar-refractivity contribution in [3.05, 3.63) is 58.6 Å². The van der Waals surface area contributed by atoms with Gasteiger partial charge in [-0.15, -0.1) is 11.8 Å². The molecule has 1 unspecified atom stereocenters. The van der Waals surface area contributed by atoms with Gasteiger partial charge in [0, 0.05) is 21.2 Å². The Kier molecular flexibility index (Phi) is 6.61. The van der Waals surface area contributed by atoms with Crippen LogP contribution < -0.4 is 10.5 Å². The Balaban J connectivity index is 1.83. The van der Waals surface area contributed by atoms with E-state index in [0.717, 1.165) is 22.4 Å². The molecule has 0 aliphatic carbocycles. The molecule has 0 fully saturated rings. The van der Waals surface area contributed by atoms with Crippen LogP contribution in [0.5, 0.6) is 5.75 Å². The van der Waals surface area contributed by atoms with Crippen molar-refractivity contribution >= 4 is 27.7 Å². The van der Waals surface area contributed by atoms with E-state index in [0.29, 0.717) is 6.61 Å². The van der Waals surface area contributed by atoms with Gasteiger partial charge in [-0.05, 0) is 49.2 Å². The fourth-order valence-corrected chi connectivity index (χ4v) is 3.14. The molecule has 112 valence electrons. The van der Waals surface area contributed by atoms with Crippen molar-refractivity contribution in [3.63, 3.8) is 0 Å². The maximum Gasteiger partial charge on any atom is 0.119 e. The maximum absolute atomic E-state index is 5.86. The van der Waals surface area contributed by atoms with E-state index in [-0.39, 0.29) is 6.04 Å². The number of nitrogens with two attached hydrogens (primary N) is 1. The first-order valence-corrected chi connectivity index (χ1v) is 8.77. The Morgan fingerprint density at radius 1 is 1.19 bits per heavy atom. The molecule has 2 rings (SSSR count). The van der Waals surface area contributed by atoms with Gasteiger partial charge in [0.25, 0.3) is 0 Å². The summed E-state index contributed by atoms with van der Waals surface area (Å²) in [5, 5.41) is 0. The molecule has 0 amide bonds. The largest absolute Gasteiger partial charge is 0.493 e. The van der Waals surface area contributed by atoms with Crippen molar-refractivity contribution in [2.24, 2.45) is 5.73 Å². The van der Waals surface area contributed by atoms with Gasteiger partial charge in [-0.1, -0.05) is 34.1 Å². The van der Waals surface area contributed by atoms with E-state index in [4.69, 9.17) is 10.5 Å². The summed E-state index contributed by atoms with van der Waals surface area (Å²) in [6, 6.07) is 16.6. The van der Waals surface area contributed by atoms with Gasteiger partial charge in [-0.2, -0.15) is 0 Å². The van der Waals surface area contributed by atoms with Gasteiger partial charge in [0.05, 0.1) is 6.61 Å². The van der Waals surface area contributed by atoms with Crippen molar-refractivity contribution in [3.8, 4) is 5.75 Å². The Hall–Kier alpha value is -0.970. The molecule has 0 heterocycles. The number of thioether (sulfide) groups is 1. The number of benzene rings is 2. The second-order valence-electron chi connectivity index (χ2n) is 4.94. The van der Waals surface area contributed by atoms with E-state index in [2.05, 4.69) is 46.3 Å². The molecule has 2 N–H and O–H groups in total. The maximum atomic E-state index is 5.86. The van der Waals surface area contributed by atoms with Crippen LogP contribution >= 0.6 is 27.7 Å². The third-order valence-electron chi connectivity index (χ3n) is 2.92. The fourth-order valence-electron chi connectivity index (χ4n) is 1.98. The normalized spacial score (nSPS) is 12.1. The van der Waals surface area contributed by atoms with Gasteiger partial charge in [0.2, 0.25) is 0 Å². The van der Waals surface area contributed by atoms with Crippen LogP contribution in [0.25, 0.3) is 0 Å². The molecular formula is C17H20BrNOS. The standard InChI is InChI=1S/C17H20BrNOS/c1-13(19)11-14-12-15(7-8-17(14)18)20-9-10-21-16-5-3-2-4-6-16/h2-8,12-13H,9-11,19H2,1H3. The zero-order valence-electron chi connectivity index (χ0n) is 12.1. The van der Waals surface area contributed by atoms with Crippen LogP contribution in [-0.4, -0.2) is 18.4 Å². The van der Waals surface area contributed by atoms with Crippen molar-refractivity contribution < 1.29 is 4.74 Å². The van der Waals surface area contributed by atoms with Crippen LogP contribution in [0.2, 0.25) is 0 Å². The van der Waals surface area contributed by atoms with Crippen LogP contribution in [0.1, 0.15) is 12.5 Å². The summed E-state index contributed by atoms with van der Waals surface area (Å²) < 4.78 is 6.91. The molecule has 0 aliphatic rings. The molecule has 0 radical (unpaired) electrons. The lowest BCUT2D eigenvalue weighted by atomic mass is 10.1. The summed E-state index contributed by atoms with van der Waals surface area (Å²) in [4.78, 5) is 1.27. The van der Waals surface area contributed by atoms with Crippen LogP contribution in [0.15, 0.2) is 57.9 Å². The van der Waals surface area contributed by atoms with E-state index in [1.165, 1.54) is 10.5 Å². The van der Waals surface area contributed by atoms with Gasteiger partial charge in [0.1, 0.15) is 5.75 Å². The molecule has 21 heavy (non-hydrogen) atoms. The molecule has 2 nitrogen and oxygen atoms in total. The Labute approximate surface area is 139 Å². The molecule has 0 aliphatic heterocycles. The third kappa shape index (κ3) is 5.73. The second kappa shape index (κ2) is 8.47. The van der Waals surface area contributed by atoms with Crippen molar-refractivity contribution in [1.82, 2.24) is 0 Å². The lowest BCUT2D eigenvalue weighted by molar-refractivity contribution is 0.343. The third-order valence-corrected chi connectivity index (χ3v) is 4.67. The molecule has 0 aromatic heterocycles. The summed E-state index contributed by atoms with van der Waals surface area (Å²) in [5.74, 6) is 1.84. The number of rotatable bonds is 7. The van der Waals surface area contributed by atoms with Crippen LogP contribution in [-0.2, 0) is 6.42 Å². The minimum Gasteiger partial charge on any atom is -0.493 e. The second-order valence-corrected chi connectivity index (χ2v) is 6.97. The van der Waals surface area contributed by atoms with E-state index < -0.39 is 0 Å². The quantitative estimate of drug-likeness (QED) is 0.579. The van der Waals surface area contributed by atoms with Crippen molar-refractivity contribution in [1.29, 1.82) is 0 Å². The van der Waals surface area contributed by atoms with E-state index in [9.17, 15) is 0 Å². The Bertz CT molecular complexity index is 560. The number of hydrogen-bond donors (Lipinski definition) is 1. The van der Waals surface area contributed by atoms with Crippen LogP contribution in [0.3, 0.4) is 0 Å². The first kappa shape index (κ1) is 16.4. The Morgan fingerprint density at radius 2 is 1.95 bits per heavy atom. The predicted molar refractivity (Wildman–Crippen MR) is 94.2 cm³/mol. The molecular weight excluding hydrogens is 346 g/mol. The zero-order chi connectivity index (χ0) is 15.1. The smallest absolute Gasteiger partial charge is 0.119 e. The molecule has 4 heteroatoms. The summed E-state index contributed by atoms with van der Waals surface area (Å²) in [6.45, 7) is 2.70. The average molecular weight is 366 g/mol. The summed E-state index contributed by atoms with van der Waals surface area (Å²) in [7, 11) is 0. The van der Waals surface area contributed by atoms with Gasteiger partial charge < -0.3 is 10.5 Å². The van der Waals surface area contributed by atoms with Gasteiger partial charge in [-0.3, -0.25) is 0 Å². The lowest BCUT2D eigenvalue weighted by Gasteiger charge is -2.11. The Morgan fingerprint density at radius 3 is 2.67 bits per heavy atom. The first-order valence-electron chi connectivity index (χ1n) is 7.00. The molecule has 0 saturated heterocycles. The summed E-state index contributed by atoms with van der Waals surface area (Å²) in [5.41, 5.74) is 7.06. The molecule has 2 aromatic rings. The molecule has 0 saturated carbocycles. The minimum atomic E-state index is 0.144. The number of hydrogen-bond acceptors (Lipinski definition) is 3. The van der Waals surface area contributed by atoms with Crippen LogP contribution in [0.4, 0.5) is 0 Å². The van der Waals surface area contributed by atoms with Gasteiger partial charge in [-0.25, -0.2) is 0 Å². The number of halogens is 1. The molecule has 2 aromatic carbocycles. The summed E-state index contributed by atoms with van der Waals surface area (Å²) in [6.07, 6.45) is 0.844. The monoisotopic (exact) mass is 365 g/mol. The van der Waals surface area contributed by atoms with Gasteiger partial charge in [0.15, 0.2) is 0 Å². The highest BCUT2D eigenvalue weighted by Gasteiger charge is 2.05.